The summed E-state index contributed by atoms with van der Waals surface area (Å²) >= 11 is 6.11. The van der Waals surface area contributed by atoms with Crippen LogP contribution in [0.4, 0.5) is 0 Å². The van der Waals surface area contributed by atoms with Crippen molar-refractivity contribution in [3.63, 3.8) is 0 Å². The van der Waals surface area contributed by atoms with Gasteiger partial charge in [-0.05, 0) is 37.5 Å². The SMILES string of the molecule is CN(CC(N)=O)C(=O)c1ccc(OC2CCC2)cc1Cl. The van der Waals surface area contributed by atoms with E-state index in [9.17, 15) is 9.59 Å². The average Bonchev–Trinajstić information content (AvgIpc) is 2.32. The molecular formula is C14H17ClN2O3. The smallest absolute Gasteiger partial charge is 0.255 e. The van der Waals surface area contributed by atoms with Crippen LogP contribution in [-0.2, 0) is 4.79 Å². The topological polar surface area (TPSA) is 72.6 Å². The number of hydrogen-bond acceptors (Lipinski definition) is 3. The van der Waals surface area contributed by atoms with Crippen molar-refractivity contribution in [3.8, 4) is 5.75 Å². The fourth-order valence-electron chi connectivity index (χ4n) is 1.93. The van der Waals surface area contributed by atoms with Gasteiger partial charge in [0.1, 0.15) is 5.75 Å². The number of carbonyl (C=O) groups excluding carboxylic acids is 2. The van der Waals surface area contributed by atoms with Crippen LogP contribution in [0.2, 0.25) is 5.02 Å². The molecule has 6 heteroatoms. The molecular weight excluding hydrogens is 280 g/mol. The van der Waals surface area contributed by atoms with Gasteiger partial charge in [0.2, 0.25) is 5.91 Å². The van der Waals surface area contributed by atoms with E-state index in [2.05, 4.69) is 0 Å². The summed E-state index contributed by atoms with van der Waals surface area (Å²) in [6.45, 7) is -0.143. The zero-order valence-electron chi connectivity index (χ0n) is 11.3. The maximum atomic E-state index is 12.1. The van der Waals surface area contributed by atoms with Crippen molar-refractivity contribution in [2.45, 2.75) is 25.4 Å². The molecule has 1 aromatic carbocycles. The lowest BCUT2D eigenvalue weighted by atomic mass is 9.96. The highest BCUT2D eigenvalue weighted by Gasteiger charge is 2.21. The molecule has 2 N–H and O–H groups in total. The molecule has 0 heterocycles. The first kappa shape index (κ1) is 14.7. The molecule has 1 fully saturated rings. The molecule has 0 aliphatic heterocycles. The van der Waals surface area contributed by atoms with Crippen LogP contribution in [0.25, 0.3) is 0 Å². The van der Waals surface area contributed by atoms with E-state index in [0.29, 0.717) is 16.3 Å². The number of halogens is 1. The Morgan fingerprint density at radius 1 is 1.45 bits per heavy atom. The average molecular weight is 297 g/mol. The molecule has 0 saturated heterocycles. The Morgan fingerprint density at radius 2 is 2.15 bits per heavy atom. The molecule has 0 bridgehead atoms. The van der Waals surface area contributed by atoms with Gasteiger partial charge in [0.25, 0.3) is 5.91 Å². The minimum atomic E-state index is -0.568. The quantitative estimate of drug-likeness (QED) is 0.901. The molecule has 0 atom stereocenters. The number of primary amides is 1. The van der Waals surface area contributed by atoms with Crippen molar-refractivity contribution in [2.24, 2.45) is 5.73 Å². The zero-order chi connectivity index (χ0) is 14.7. The van der Waals surface area contributed by atoms with Gasteiger partial charge in [-0.1, -0.05) is 11.6 Å². The molecule has 0 spiro atoms. The number of rotatable bonds is 5. The highest BCUT2D eigenvalue weighted by Crippen LogP contribution is 2.28. The van der Waals surface area contributed by atoms with E-state index in [4.69, 9.17) is 22.1 Å². The van der Waals surface area contributed by atoms with Crippen LogP contribution >= 0.6 is 11.6 Å². The van der Waals surface area contributed by atoms with Gasteiger partial charge in [0.05, 0.1) is 23.2 Å². The third kappa shape index (κ3) is 3.42. The first-order valence-electron chi connectivity index (χ1n) is 6.47. The minimum Gasteiger partial charge on any atom is -0.490 e. The molecule has 0 unspecified atom stereocenters. The van der Waals surface area contributed by atoms with E-state index in [1.54, 1.807) is 18.2 Å². The maximum Gasteiger partial charge on any atom is 0.255 e. The summed E-state index contributed by atoms with van der Waals surface area (Å²) in [4.78, 5) is 24.1. The van der Waals surface area contributed by atoms with Crippen LogP contribution in [0.1, 0.15) is 29.6 Å². The Kier molecular flexibility index (Phi) is 4.49. The number of hydrogen-bond donors (Lipinski definition) is 1. The minimum absolute atomic E-state index is 0.143. The van der Waals surface area contributed by atoms with E-state index in [0.717, 1.165) is 12.8 Å². The van der Waals surface area contributed by atoms with Crippen molar-refractivity contribution in [1.29, 1.82) is 0 Å². The lowest BCUT2D eigenvalue weighted by Gasteiger charge is -2.26. The highest BCUT2D eigenvalue weighted by molar-refractivity contribution is 6.34. The van der Waals surface area contributed by atoms with Gasteiger partial charge in [0, 0.05) is 7.05 Å². The fourth-order valence-corrected chi connectivity index (χ4v) is 2.19. The molecule has 20 heavy (non-hydrogen) atoms. The Bertz CT molecular complexity index is 529. The summed E-state index contributed by atoms with van der Waals surface area (Å²) in [5.74, 6) is -0.250. The van der Waals surface area contributed by atoms with Crippen LogP contribution in [0.5, 0.6) is 5.75 Å². The first-order valence-corrected chi connectivity index (χ1v) is 6.85. The van der Waals surface area contributed by atoms with Crippen LogP contribution in [0.15, 0.2) is 18.2 Å². The molecule has 108 valence electrons. The second-order valence-corrected chi connectivity index (χ2v) is 5.35. The van der Waals surface area contributed by atoms with Crippen molar-refractivity contribution < 1.29 is 14.3 Å². The molecule has 1 aliphatic rings. The third-order valence-electron chi connectivity index (χ3n) is 3.27. The predicted octanol–water partition coefficient (Wildman–Crippen LogP) is 1.83. The van der Waals surface area contributed by atoms with Crippen LogP contribution in [0, 0.1) is 0 Å². The monoisotopic (exact) mass is 296 g/mol. The van der Waals surface area contributed by atoms with E-state index < -0.39 is 5.91 Å². The summed E-state index contributed by atoms with van der Waals surface area (Å²) < 4.78 is 5.71. The van der Waals surface area contributed by atoms with Gasteiger partial charge < -0.3 is 15.4 Å². The van der Waals surface area contributed by atoms with Gasteiger partial charge in [-0.2, -0.15) is 0 Å². The standard InChI is InChI=1S/C14H17ClN2O3/c1-17(8-13(16)18)14(19)11-6-5-10(7-12(11)15)20-9-3-2-4-9/h5-7,9H,2-4,8H2,1H3,(H2,16,18). The largest absolute Gasteiger partial charge is 0.490 e. The second kappa shape index (κ2) is 6.13. The number of carbonyl (C=O) groups is 2. The summed E-state index contributed by atoms with van der Waals surface area (Å²) in [5, 5.41) is 0.308. The Labute approximate surface area is 122 Å². The molecule has 1 aliphatic carbocycles. The van der Waals surface area contributed by atoms with Crippen molar-refractivity contribution in [2.75, 3.05) is 13.6 Å². The number of nitrogens with two attached hydrogens (primary N) is 1. The summed E-state index contributed by atoms with van der Waals surface area (Å²) in [6, 6.07) is 4.96. The molecule has 2 amide bonds. The Morgan fingerprint density at radius 3 is 2.65 bits per heavy atom. The Balaban J connectivity index is 2.07. The Hall–Kier alpha value is -1.75. The summed E-state index contributed by atoms with van der Waals surface area (Å²) in [6.07, 6.45) is 3.55. The van der Waals surface area contributed by atoms with E-state index in [1.807, 2.05) is 0 Å². The van der Waals surface area contributed by atoms with Gasteiger partial charge in [-0.15, -0.1) is 0 Å². The number of ether oxygens (including phenoxy) is 1. The number of benzene rings is 1. The maximum absolute atomic E-state index is 12.1. The molecule has 0 aromatic heterocycles. The highest BCUT2D eigenvalue weighted by atomic mass is 35.5. The van der Waals surface area contributed by atoms with E-state index in [-0.39, 0.29) is 18.6 Å². The molecule has 1 aromatic rings. The van der Waals surface area contributed by atoms with Crippen molar-refractivity contribution >= 4 is 23.4 Å². The fraction of sp³-hybridized carbons (Fsp3) is 0.429. The van der Waals surface area contributed by atoms with Crippen LogP contribution in [0.3, 0.4) is 0 Å². The van der Waals surface area contributed by atoms with Crippen molar-refractivity contribution in [3.05, 3.63) is 28.8 Å². The number of nitrogens with zero attached hydrogens (tertiary/aromatic N) is 1. The van der Waals surface area contributed by atoms with Gasteiger partial charge in [0.15, 0.2) is 0 Å². The molecule has 5 nitrogen and oxygen atoms in total. The summed E-state index contributed by atoms with van der Waals surface area (Å²) in [7, 11) is 1.50. The molecule has 0 radical (unpaired) electrons. The van der Waals surface area contributed by atoms with Crippen molar-refractivity contribution in [1.82, 2.24) is 4.90 Å². The molecule has 2 rings (SSSR count). The first-order chi connectivity index (χ1) is 9.47. The van der Waals surface area contributed by atoms with E-state index in [1.165, 1.54) is 18.4 Å². The van der Waals surface area contributed by atoms with Gasteiger partial charge >= 0.3 is 0 Å². The third-order valence-corrected chi connectivity index (χ3v) is 3.58. The van der Waals surface area contributed by atoms with Crippen LogP contribution in [-0.4, -0.2) is 36.4 Å². The summed E-state index contributed by atoms with van der Waals surface area (Å²) in [5.41, 5.74) is 5.39. The van der Waals surface area contributed by atoms with Crippen LogP contribution < -0.4 is 10.5 Å². The lowest BCUT2D eigenvalue weighted by molar-refractivity contribution is -0.118. The number of amides is 2. The van der Waals surface area contributed by atoms with E-state index >= 15 is 0 Å². The molecule has 1 saturated carbocycles. The lowest BCUT2D eigenvalue weighted by Crippen LogP contribution is -2.35. The predicted molar refractivity (Wildman–Crippen MR) is 75.9 cm³/mol. The van der Waals surface area contributed by atoms with Gasteiger partial charge in [-0.25, -0.2) is 0 Å². The normalized spacial score (nSPS) is 14.5. The number of likely N-dealkylation sites (N-methyl/N-ethyl adjacent to an activating group) is 1. The second-order valence-electron chi connectivity index (χ2n) is 4.94. The van der Waals surface area contributed by atoms with Gasteiger partial charge in [-0.3, -0.25) is 9.59 Å². The zero-order valence-corrected chi connectivity index (χ0v) is 12.0.